The fourth-order valence-corrected chi connectivity index (χ4v) is 0.964. The molecule has 1 aromatic carbocycles. The molecule has 0 aromatic heterocycles. The number of hydrogen-bond acceptors (Lipinski definition) is 3. The van der Waals surface area contributed by atoms with Gasteiger partial charge in [0.15, 0.2) is 0 Å². The molecule has 0 bridgehead atoms. The quantitative estimate of drug-likeness (QED) is 0.827. The van der Waals surface area contributed by atoms with Gasteiger partial charge >= 0.3 is 0 Å². The monoisotopic (exact) mass is 263 g/mol. The summed E-state index contributed by atoms with van der Waals surface area (Å²) in [6.07, 6.45) is 0. The highest BCUT2D eigenvalue weighted by Crippen LogP contribution is 2.18. The number of rotatable bonds is 2. The van der Waals surface area contributed by atoms with Crippen LogP contribution in [0.4, 0.5) is 5.69 Å². The molecule has 1 N–H and O–H groups in total. The SMILES string of the molecule is N#CC(Br)(C#N)C(=O)Nc1ccccc1. The Balaban J connectivity index is 2.83. The van der Waals surface area contributed by atoms with Gasteiger partial charge in [-0.3, -0.25) is 4.79 Å². The summed E-state index contributed by atoms with van der Waals surface area (Å²) in [4.78, 5) is 11.5. The second kappa shape index (κ2) is 4.59. The maximum atomic E-state index is 11.5. The standard InChI is InChI=1S/C10H6BrN3O/c11-10(6-12,7-13)9(15)14-8-4-2-1-3-5-8/h1-5H,(H,14,15). The van der Waals surface area contributed by atoms with Crippen LogP contribution >= 0.6 is 15.9 Å². The van der Waals surface area contributed by atoms with Gasteiger partial charge in [0.05, 0.1) is 0 Å². The number of anilines is 1. The number of para-hydroxylation sites is 1. The van der Waals surface area contributed by atoms with E-state index < -0.39 is 10.2 Å². The molecule has 1 rings (SSSR count). The third-order valence-corrected chi connectivity index (χ3v) is 2.37. The smallest absolute Gasteiger partial charge is 0.274 e. The Morgan fingerprint density at radius 2 is 1.80 bits per heavy atom. The van der Waals surface area contributed by atoms with Gasteiger partial charge in [0.25, 0.3) is 10.2 Å². The predicted octanol–water partition coefficient (Wildman–Crippen LogP) is 1.81. The van der Waals surface area contributed by atoms with E-state index in [9.17, 15) is 4.79 Å². The molecule has 0 aliphatic carbocycles. The number of carbonyl (C=O) groups excluding carboxylic acids is 1. The van der Waals surface area contributed by atoms with Gasteiger partial charge < -0.3 is 5.32 Å². The number of nitriles is 2. The van der Waals surface area contributed by atoms with Crippen molar-refractivity contribution in [3.63, 3.8) is 0 Å². The zero-order valence-corrected chi connectivity index (χ0v) is 9.15. The van der Waals surface area contributed by atoms with Crippen LogP contribution in [0.2, 0.25) is 0 Å². The fourth-order valence-electron chi connectivity index (χ4n) is 0.865. The molecule has 15 heavy (non-hydrogen) atoms. The summed E-state index contributed by atoms with van der Waals surface area (Å²) in [5, 5.41) is 19.8. The number of carbonyl (C=O) groups is 1. The number of amides is 1. The largest absolute Gasteiger partial charge is 0.323 e. The van der Waals surface area contributed by atoms with Gasteiger partial charge in [-0.15, -0.1) is 0 Å². The highest BCUT2D eigenvalue weighted by molar-refractivity contribution is 9.10. The molecule has 1 amide bonds. The second-order valence-electron chi connectivity index (χ2n) is 2.70. The normalized spacial score (nSPS) is 9.80. The molecule has 0 atom stereocenters. The molecular weight excluding hydrogens is 258 g/mol. The zero-order chi connectivity index (χ0) is 11.3. The van der Waals surface area contributed by atoms with E-state index in [1.54, 1.807) is 42.5 Å². The van der Waals surface area contributed by atoms with Gasteiger partial charge in [-0.25, -0.2) is 0 Å². The lowest BCUT2D eigenvalue weighted by molar-refractivity contribution is -0.116. The van der Waals surface area contributed by atoms with Crippen molar-refractivity contribution in [1.82, 2.24) is 0 Å². The van der Waals surface area contributed by atoms with Crippen LogP contribution < -0.4 is 5.32 Å². The van der Waals surface area contributed by atoms with Gasteiger partial charge in [0, 0.05) is 5.69 Å². The lowest BCUT2D eigenvalue weighted by Crippen LogP contribution is -2.34. The molecule has 0 saturated carbocycles. The average molecular weight is 264 g/mol. The first kappa shape index (κ1) is 11.2. The van der Waals surface area contributed by atoms with Crippen molar-refractivity contribution in [2.45, 2.75) is 4.32 Å². The third kappa shape index (κ3) is 2.55. The van der Waals surface area contributed by atoms with Gasteiger partial charge in [0.2, 0.25) is 0 Å². The van der Waals surface area contributed by atoms with Crippen LogP contribution in [-0.2, 0) is 4.79 Å². The average Bonchev–Trinajstić information content (AvgIpc) is 2.29. The Kier molecular flexibility index (Phi) is 3.43. The van der Waals surface area contributed by atoms with E-state index in [-0.39, 0.29) is 0 Å². The number of halogens is 1. The summed E-state index contributed by atoms with van der Waals surface area (Å²) >= 11 is 2.77. The van der Waals surface area contributed by atoms with E-state index in [0.29, 0.717) is 5.69 Å². The first-order valence-corrected chi connectivity index (χ1v) is 4.79. The number of hydrogen-bond donors (Lipinski definition) is 1. The van der Waals surface area contributed by atoms with Crippen molar-refractivity contribution < 1.29 is 4.79 Å². The van der Waals surface area contributed by atoms with Crippen LogP contribution in [-0.4, -0.2) is 10.2 Å². The van der Waals surface area contributed by atoms with Gasteiger partial charge in [-0.2, -0.15) is 10.5 Å². The minimum absolute atomic E-state index is 0.539. The van der Waals surface area contributed by atoms with Crippen molar-refractivity contribution in [3.05, 3.63) is 30.3 Å². The first-order chi connectivity index (χ1) is 7.12. The predicted molar refractivity (Wildman–Crippen MR) is 58.0 cm³/mol. The topological polar surface area (TPSA) is 76.7 Å². The minimum Gasteiger partial charge on any atom is -0.323 e. The van der Waals surface area contributed by atoms with E-state index in [1.807, 2.05) is 0 Å². The molecule has 5 heteroatoms. The van der Waals surface area contributed by atoms with Crippen LogP contribution in [0.25, 0.3) is 0 Å². The van der Waals surface area contributed by atoms with Crippen LogP contribution in [0.5, 0.6) is 0 Å². The van der Waals surface area contributed by atoms with E-state index in [0.717, 1.165) is 0 Å². The Bertz CT molecular complexity index is 430. The molecule has 0 aliphatic heterocycles. The number of nitrogens with zero attached hydrogens (tertiary/aromatic N) is 2. The first-order valence-electron chi connectivity index (χ1n) is 4.00. The number of benzene rings is 1. The van der Waals surface area contributed by atoms with Crippen LogP contribution in [0.1, 0.15) is 0 Å². The third-order valence-electron chi connectivity index (χ3n) is 1.65. The molecule has 0 saturated heterocycles. The highest BCUT2D eigenvalue weighted by Gasteiger charge is 2.36. The van der Waals surface area contributed by atoms with Crippen molar-refractivity contribution >= 4 is 27.5 Å². The Morgan fingerprint density at radius 3 is 2.27 bits per heavy atom. The molecule has 0 spiro atoms. The van der Waals surface area contributed by atoms with Crippen LogP contribution in [0.15, 0.2) is 30.3 Å². The molecule has 4 nitrogen and oxygen atoms in total. The Hall–Kier alpha value is -1.85. The van der Waals surface area contributed by atoms with Gasteiger partial charge in [0.1, 0.15) is 12.1 Å². The van der Waals surface area contributed by atoms with E-state index in [1.165, 1.54) is 0 Å². The summed E-state index contributed by atoms with van der Waals surface area (Å²) in [6, 6.07) is 11.8. The summed E-state index contributed by atoms with van der Waals surface area (Å²) in [5.41, 5.74) is 0.539. The Labute approximate surface area is 95.3 Å². The molecule has 0 unspecified atom stereocenters. The summed E-state index contributed by atoms with van der Waals surface area (Å²) < 4.78 is -1.83. The van der Waals surface area contributed by atoms with Crippen LogP contribution in [0.3, 0.4) is 0 Å². The summed E-state index contributed by atoms with van der Waals surface area (Å²) in [5.74, 6) is -0.696. The van der Waals surface area contributed by atoms with Gasteiger partial charge in [-0.1, -0.05) is 18.2 Å². The maximum Gasteiger partial charge on any atom is 0.274 e. The van der Waals surface area contributed by atoms with Crippen molar-refractivity contribution in [2.24, 2.45) is 0 Å². The zero-order valence-electron chi connectivity index (χ0n) is 7.57. The van der Waals surface area contributed by atoms with Crippen molar-refractivity contribution in [2.75, 3.05) is 5.32 Å². The molecule has 0 heterocycles. The molecule has 74 valence electrons. The van der Waals surface area contributed by atoms with Gasteiger partial charge in [-0.05, 0) is 28.1 Å². The lowest BCUT2D eigenvalue weighted by Gasteiger charge is -2.10. The van der Waals surface area contributed by atoms with Crippen molar-refractivity contribution in [3.8, 4) is 12.1 Å². The lowest BCUT2D eigenvalue weighted by atomic mass is 10.2. The molecule has 1 aromatic rings. The van der Waals surface area contributed by atoms with E-state index in [2.05, 4.69) is 21.2 Å². The number of nitrogens with one attached hydrogen (secondary N) is 1. The van der Waals surface area contributed by atoms with E-state index >= 15 is 0 Å². The maximum absolute atomic E-state index is 11.5. The Morgan fingerprint density at radius 1 is 1.27 bits per heavy atom. The molecule has 0 fully saturated rings. The van der Waals surface area contributed by atoms with Crippen molar-refractivity contribution in [1.29, 1.82) is 10.5 Å². The highest BCUT2D eigenvalue weighted by atomic mass is 79.9. The van der Waals surface area contributed by atoms with Crippen LogP contribution in [0, 0.1) is 22.7 Å². The molecule has 0 aliphatic rings. The molecule has 0 radical (unpaired) electrons. The van der Waals surface area contributed by atoms with E-state index in [4.69, 9.17) is 10.5 Å². The molecular formula is C10H6BrN3O. The fraction of sp³-hybridized carbons (Fsp3) is 0.100. The minimum atomic E-state index is -1.83. The summed E-state index contributed by atoms with van der Waals surface area (Å²) in [6.45, 7) is 0. The summed E-state index contributed by atoms with van der Waals surface area (Å²) in [7, 11) is 0. The second-order valence-corrected chi connectivity index (χ2v) is 3.89. The number of alkyl halides is 1.